The summed E-state index contributed by atoms with van der Waals surface area (Å²) in [5.74, 6) is 4.99. The average Bonchev–Trinajstić information content (AvgIpc) is 3.41. The fourth-order valence-electron chi connectivity index (χ4n) is 4.02. The van der Waals surface area contributed by atoms with E-state index in [-0.39, 0.29) is 11.7 Å². The standard InChI is InChI=1S/C32H36N8O3S/c1-8-34-30(40(21-41)27-12-9-11-26(19-27)38(6)28(42)13-10-18-37(4)5)29(23(3)33)39(7)25-16-14-24(15-17-25)31(43)36-32-35-20-22(2)44-32/h8-9,11-12,14-17,19-21H,1,18,33H2,2-7H3,(H,35,36,43)/b29-23-,34-30?. The third-order valence-electron chi connectivity index (χ3n) is 6.22. The van der Waals surface area contributed by atoms with Gasteiger partial charge in [-0.1, -0.05) is 18.6 Å². The van der Waals surface area contributed by atoms with Crippen LogP contribution in [0, 0.1) is 18.8 Å². The summed E-state index contributed by atoms with van der Waals surface area (Å²) >= 11 is 1.39. The summed E-state index contributed by atoms with van der Waals surface area (Å²) < 4.78 is 0. The summed E-state index contributed by atoms with van der Waals surface area (Å²) in [4.78, 5) is 53.9. The van der Waals surface area contributed by atoms with Gasteiger partial charge in [0.25, 0.3) is 5.91 Å². The van der Waals surface area contributed by atoms with Crippen molar-refractivity contribution in [2.75, 3.05) is 54.8 Å². The van der Waals surface area contributed by atoms with Crippen molar-refractivity contribution < 1.29 is 14.4 Å². The Morgan fingerprint density at radius 2 is 1.75 bits per heavy atom. The van der Waals surface area contributed by atoms with Gasteiger partial charge in [-0.25, -0.2) is 9.98 Å². The first-order valence-electron chi connectivity index (χ1n) is 13.5. The Morgan fingerprint density at radius 1 is 1.07 bits per heavy atom. The van der Waals surface area contributed by atoms with Crippen molar-refractivity contribution in [1.29, 1.82) is 0 Å². The SMILES string of the molecule is C=CN=C(/C(=C(\C)N)N(C)c1ccc(C(=O)Nc2ncc(C)s2)cc1)N(C=O)c1cccc(N(C)C(=O)C#CCN(C)C)c1. The number of hydrogen-bond acceptors (Lipinski definition) is 9. The van der Waals surface area contributed by atoms with Gasteiger partial charge in [-0.3, -0.25) is 29.5 Å². The lowest BCUT2D eigenvalue weighted by Crippen LogP contribution is -2.38. The molecule has 1 aromatic heterocycles. The van der Waals surface area contributed by atoms with E-state index in [9.17, 15) is 14.4 Å². The van der Waals surface area contributed by atoms with Gasteiger partial charge in [0.1, 0.15) is 5.70 Å². The van der Waals surface area contributed by atoms with Gasteiger partial charge in [0.05, 0.1) is 12.2 Å². The number of nitrogens with one attached hydrogen (secondary N) is 1. The normalized spacial score (nSPS) is 11.6. The average molecular weight is 613 g/mol. The second kappa shape index (κ2) is 15.3. The third kappa shape index (κ3) is 8.41. The number of anilines is 4. The molecule has 0 saturated carbocycles. The molecular formula is C32H36N8O3S. The monoisotopic (exact) mass is 612 g/mol. The Kier molecular flexibility index (Phi) is 11.6. The number of carbonyl (C=O) groups excluding carboxylic acids is 3. The van der Waals surface area contributed by atoms with Crippen LogP contribution in [0.2, 0.25) is 0 Å². The second-order valence-corrected chi connectivity index (χ2v) is 11.1. The number of thiazole rings is 1. The highest BCUT2D eigenvalue weighted by atomic mass is 32.1. The lowest BCUT2D eigenvalue weighted by Gasteiger charge is -2.30. The van der Waals surface area contributed by atoms with Gasteiger partial charge in [-0.05, 0) is 76.3 Å². The summed E-state index contributed by atoms with van der Waals surface area (Å²) in [7, 11) is 7.12. The zero-order valence-electron chi connectivity index (χ0n) is 25.7. The number of aromatic nitrogens is 1. The Labute approximate surface area is 262 Å². The Bertz CT molecular complexity index is 1640. The summed E-state index contributed by atoms with van der Waals surface area (Å²) in [6.07, 6.45) is 3.63. The molecule has 0 spiro atoms. The maximum atomic E-state index is 12.7. The van der Waals surface area contributed by atoms with Crippen LogP contribution in [0.1, 0.15) is 22.2 Å². The first kappa shape index (κ1) is 33.3. The predicted molar refractivity (Wildman–Crippen MR) is 179 cm³/mol. The molecule has 44 heavy (non-hydrogen) atoms. The molecule has 3 rings (SSSR count). The summed E-state index contributed by atoms with van der Waals surface area (Å²) in [6.45, 7) is 7.79. The number of aryl methyl sites for hydroxylation is 1. The van der Waals surface area contributed by atoms with E-state index in [1.165, 1.54) is 27.3 Å². The highest BCUT2D eigenvalue weighted by molar-refractivity contribution is 7.15. The maximum Gasteiger partial charge on any atom is 0.302 e. The van der Waals surface area contributed by atoms with Crippen molar-refractivity contribution in [1.82, 2.24) is 9.88 Å². The first-order valence-corrected chi connectivity index (χ1v) is 14.3. The van der Waals surface area contributed by atoms with Crippen molar-refractivity contribution >= 4 is 57.6 Å². The number of carbonyl (C=O) groups is 3. The number of aliphatic imine (C=N–C) groups is 1. The van der Waals surface area contributed by atoms with E-state index >= 15 is 0 Å². The van der Waals surface area contributed by atoms with Gasteiger partial charge in [-0.15, -0.1) is 11.3 Å². The van der Waals surface area contributed by atoms with E-state index in [1.807, 2.05) is 25.9 Å². The molecule has 0 unspecified atom stereocenters. The Balaban J connectivity index is 1.91. The Morgan fingerprint density at radius 3 is 2.32 bits per heavy atom. The minimum Gasteiger partial charge on any atom is -0.400 e. The van der Waals surface area contributed by atoms with Crippen LogP contribution in [0.4, 0.5) is 22.2 Å². The van der Waals surface area contributed by atoms with Crippen molar-refractivity contribution in [3.05, 3.63) is 89.3 Å². The van der Waals surface area contributed by atoms with Crippen LogP contribution in [0.15, 0.2) is 83.9 Å². The molecule has 3 aromatic rings. The van der Waals surface area contributed by atoms with Crippen LogP contribution in [0.5, 0.6) is 0 Å². The highest BCUT2D eigenvalue weighted by Gasteiger charge is 2.24. The largest absolute Gasteiger partial charge is 0.400 e. The number of hydrogen-bond donors (Lipinski definition) is 2. The van der Waals surface area contributed by atoms with Gasteiger partial charge < -0.3 is 15.5 Å². The summed E-state index contributed by atoms with van der Waals surface area (Å²) in [5, 5.41) is 3.32. The first-order chi connectivity index (χ1) is 21.0. The van der Waals surface area contributed by atoms with Crippen molar-refractivity contribution in [3.8, 4) is 11.8 Å². The van der Waals surface area contributed by atoms with E-state index in [0.29, 0.717) is 52.1 Å². The van der Waals surface area contributed by atoms with Gasteiger partial charge in [0, 0.05) is 54.0 Å². The quantitative estimate of drug-likeness (QED) is 0.153. The number of benzene rings is 2. The zero-order chi connectivity index (χ0) is 32.4. The van der Waals surface area contributed by atoms with Crippen molar-refractivity contribution in [3.63, 3.8) is 0 Å². The molecule has 0 radical (unpaired) electrons. The van der Waals surface area contributed by atoms with E-state index in [0.717, 1.165) is 4.88 Å². The lowest BCUT2D eigenvalue weighted by molar-refractivity contribution is -0.113. The molecule has 0 atom stereocenters. The molecule has 1 heterocycles. The van der Waals surface area contributed by atoms with Gasteiger partial charge in [-0.2, -0.15) is 0 Å². The fourth-order valence-corrected chi connectivity index (χ4v) is 4.68. The summed E-state index contributed by atoms with van der Waals surface area (Å²) in [6, 6.07) is 13.8. The van der Waals surface area contributed by atoms with Gasteiger partial charge in [0.15, 0.2) is 11.0 Å². The van der Waals surface area contributed by atoms with Crippen LogP contribution < -0.4 is 25.8 Å². The molecule has 3 N–H and O–H groups in total. The topological polar surface area (TPSA) is 127 Å². The lowest BCUT2D eigenvalue weighted by atomic mass is 10.1. The molecule has 0 aliphatic carbocycles. The van der Waals surface area contributed by atoms with Gasteiger partial charge >= 0.3 is 5.91 Å². The van der Waals surface area contributed by atoms with Crippen molar-refractivity contribution in [2.24, 2.45) is 10.7 Å². The van der Waals surface area contributed by atoms with Crippen LogP contribution in [-0.2, 0) is 9.59 Å². The molecule has 0 aliphatic heterocycles. The fraction of sp³-hybridized carbons (Fsp3) is 0.219. The molecule has 0 saturated heterocycles. The second-order valence-electron chi connectivity index (χ2n) is 9.90. The molecule has 0 fully saturated rings. The van der Waals surface area contributed by atoms with E-state index < -0.39 is 5.91 Å². The minimum atomic E-state index is -0.390. The van der Waals surface area contributed by atoms with Crippen LogP contribution >= 0.6 is 11.3 Å². The van der Waals surface area contributed by atoms with Crippen molar-refractivity contribution in [2.45, 2.75) is 13.8 Å². The number of nitrogens with zero attached hydrogens (tertiary/aromatic N) is 6. The molecular weight excluding hydrogens is 576 g/mol. The predicted octanol–water partition coefficient (Wildman–Crippen LogP) is 4.06. The van der Waals surface area contributed by atoms with Crippen LogP contribution in [-0.4, -0.2) is 68.7 Å². The zero-order valence-corrected chi connectivity index (χ0v) is 26.5. The Hall–Kier alpha value is -5.25. The smallest absolute Gasteiger partial charge is 0.302 e. The molecule has 11 nitrogen and oxygen atoms in total. The number of allylic oxidation sites excluding steroid dienone is 1. The number of nitrogens with two attached hydrogens (primary N) is 1. The summed E-state index contributed by atoms with van der Waals surface area (Å²) in [5.41, 5.74) is 9.27. The van der Waals surface area contributed by atoms with E-state index in [4.69, 9.17) is 5.73 Å². The molecule has 0 aliphatic rings. The third-order valence-corrected chi connectivity index (χ3v) is 7.05. The van der Waals surface area contributed by atoms with Crippen LogP contribution in [0.25, 0.3) is 0 Å². The maximum absolute atomic E-state index is 12.7. The molecule has 228 valence electrons. The number of rotatable bonds is 10. The molecule has 12 heteroatoms. The minimum absolute atomic E-state index is 0.204. The molecule has 3 amide bonds. The number of amides is 3. The molecule has 0 bridgehead atoms. The van der Waals surface area contributed by atoms with E-state index in [2.05, 4.69) is 33.7 Å². The highest BCUT2D eigenvalue weighted by Crippen LogP contribution is 2.27. The number of likely N-dealkylation sites (N-methyl/N-ethyl adjacent to an activating group) is 1. The van der Waals surface area contributed by atoms with Gasteiger partial charge in [0.2, 0.25) is 6.41 Å². The molecule has 2 aromatic carbocycles. The number of amidine groups is 1. The van der Waals surface area contributed by atoms with Crippen LogP contribution in [0.3, 0.4) is 0 Å². The van der Waals surface area contributed by atoms with E-state index in [1.54, 1.807) is 80.6 Å².